The first kappa shape index (κ1) is 26.4. The summed E-state index contributed by atoms with van der Waals surface area (Å²) in [6, 6.07) is 16.9. The number of hydrogen-bond acceptors (Lipinski definition) is 4. The number of unbranched alkanes of at least 4 members (excludes halogenated alkanes) is 2. The van der Waals surface area contributed by atoms with E-state index in [1.54, 1.807) is 11.3 Å². The van der Waals surface area contributed by atoms with E-state index in [-0.39, 0.29) is 12.4 Å². The molecule has 0 saturated carbocycles. The first-order valence-corrected chi connectivity index (χ1v) is 12.6. The summed E-state index contributed by atoms with van der Waals surface area (Å²) in [5.74, 6) is 0.936. The predicted molar refractivity (Wildman–Crippen MR) is 141 cm³/mol. The van der Waals surface area contributed by atoms with Crippen molar-refractivity contribution in [2.45, 2.75) is 52.9 Å². The lowest BCUT2D eigenvalue weighted by Gasteiger charge is -2.21. The molecule has 3 rings (SSSR count). The largest absolute Gasteiger partial charge is 0.494 e. The molecule has 0 spiro atoms. The molecule has 32 heavy (non-hydrogen) atoms. The van der Waals surface area contributed by atoms with Crippen molar-refractivity contribution in [2.75, 3.05) is 26.2 Å². The SMILES string of the molecule is CCCCN(CCCC)CCCOc1ccc(-c2csc(-c3ccc(C)cc3)n2)cc1.Cl. The van der Waals surface area contributed by atoms with Gasteiger partial charge in [0.25, 0.3) is 0 Å². The summed E-state index contributed by atoms with van der Waals surface area (Å²) in [5, 5.41) is 3.19. The number of hydrogen-bond donors (Lipinski definition) is 0. The van der Waals surface area contributed by atoms with Crippen LogP contribution in [0.1, 0.15) is 51.5 Å². The van der Waals surface area contributed by atoms with E-state index < -0.39 is 0 Å². The fourth-order valence-electron chi connectivity index (χ4n) is 3.53. The fraction of sp³-hybridized carbons (Fsp3) is 0.444. The monoisotopic (exact) mass is 472 g/mol. The minimum absolute atomic E-state index is 0. The molecule has 0 aliphatic rings. The molecule has 0 N–H and O–H groups in total. The molecule has 5 heteroatoms. The maximum absolute atomic E-state index is 6.00. The molecule has 0 bridgehead atoms. The Hall–Kier alpha value is -1.88. The highest BCUT2D eigenvalue weighted by atomic mass is 35.5. The number of rotatable bonds is 13. The minimum Gasteiger partial charge on any atom is -0.494 e. The smallest absolute Gasteiger partial charge is 0.124 e. The van der Waals surface area contributed by atoms with Crippen molar-refractivity contribution in [1.29, 1.82) is 0 Å². The van der Waals surface area contributed by atoms with E-state index >= 15 is 0 Å². The Labute approximate surface area is 204 Å². The van der Waals surface area contributed by atoms with Gasteiger partial charge in [0.2, 0.25) is 0 Å². The molecular formula is C27H37ClN2OS. The van der Waals surface area contributed by atoms with E-state index in [9.17, 15) is 0 Å². The van der Waals surface area contributed by atoms with Crippen molar-refractivity contribution in [2.24, 2.45) is 0 Å². The quantitative estimate of drug-likeness (QED) is 0.236. The maximum atomic E-state index is 6.00. The van der Waals surface area contributed by atoms with Crippen LogP contribution in [0.3, 0.4) is 0 Å². The molecule has 3 aromatic rings. The van der Waals surface area contributed by atoms with Crippen molar-refractivity contribution >= 4 is 23.7 Å². The van der Waals surface area contributed by atoms with Crippen LogP contribution < -0.4 is 4.74 Å². The van der Waals surface area contributed by atoms with Gasteiger partial charge in [-0.15, -0.1) is 23.7 Å². The van der Waals surface area contributed by atoms with E-state index in [1.165, 1.54) is 49.9 Å². The Morgan fingerprint density at radius 1 is 0.812 bits per heavy atom. The normalized spacial score (nSPS) is 10.9. The van der Waals surface area contributed by atoms with E-state index in [2.05, 4.69) is 79.6 Å². The molecule has 0 atom stereocenters. The van der Waals surface area contributed by atoms with Gasteiger partial charge in [-0.05, 0) is 63.5 Å². The molecule has 0 radical (unpaired) electrons. The highest BCUT2D eigenvalue weighted by Crippen LogP contribution is 2.29. The van der Waals surface area contributed by atoms with Crippen molar-refractivity contribution < 1.29 is 4.74 Å². The van der Waals surface area contributed by atoms with Gasteiger partial charge in [-0.2, -0.15) is 0 Å². The van der Waals surface area contributed by atoms with Gasteiger partial charge >= 0.3 is 0 Å². The van der Waals surface area contributed by atoms with Crippen molar-refractivity contribution in [1.82, 2.24) is 9.88 Å². The van der Waals surface area contributed by atoms with Gasteiger partial charge in [0.05, 0.1) is 12.3 Å². The summed E-state index contributed by atoms with van der Waals surface area (Å²) in [6.07, 6.45) is 6.16. The van der Waals surface area contributed by atoms with Gasteiger partial charge in [-0.25, -0.2) is 4.98 Å². The average Bonchev–Trinajstić information content (AvgIpc) is 3.29. The van der Waals surface area contributed by atoms with Crippen LogP contribution in [0.15, 0.2) is 53.9 Å². The van der Waals surface area contributed by atoms with Gasteiger partial charge in [-0.1, -0.05) is 56.5 Å². The van der Waals surface area contributed by atoms with E-state index in [1.807, 2.05) is 0 Å². The summed E-state index contributed by atoms with van der Waals surface area (Å²) in [5.41, 5.74) is 4.60. The highest BCUT2D eigenvalue weighted by molar-refractivity contribution is 7.13. The van der Waals surface area contributed by atoms with Crippen molar-refractivity contribution in [3.63, 3.8) is 0 Å². The molecule has 174 valence electrons. The number of benzene rings is 2. The van der Waals surface area contributed by atoms with E-state index in [0.717, 1.165) is 41.6 Å². The second-order valence-electron chi connectivity index (χ2n) is 8.18. The number of nitrogens with zero attached hydrogens (tertiary/aromatic N) is 2. The minimum atomic E-state index is 0. The van der Waals surface area contributed by atoms with Gasteiger partial charge in [0.1, 0.15) is 10.8 Å². The number of thiazole rings is 1. The summed E-state index contributed by atoms with van der Waals surface area (Å²) >= 11 is 1.69. The van der Waals surface area contributed by atoms with Crippen LogP contribution >= 0.6 is 23.7 Å². The molecule has 0 amide bonds. The summed E-state index contributed by atoms with van der Waals surface area (Å²) in [7, 11) is 0. The van der Waals surface area contributed by atoms with Crippen LogP contribution in [0, 0.1) is 6.92 Å². The topological polar surface area (TPSA) is 25.4 Å². The predicted octanol–water partition coefficient (Wildman–Crippen LogP) is 7.88. The lowest BCUT2D eigenvalue weighted by Crippen LogP contribution is -2.28. The lowest BCUT2D eigenvalue weighted by atomic mass is 10.1. The number of ether oxygens (including phenoxy) is 1. The molecule has 0 unspecified atom stereocenters. The molecule has 1 aromatic heterocycles. The molecule has 0 saturated heterocycles. The Morgan fingerprint density at radius 3 is 2.03 bits per heavy atom. The first-order valence-electron chi connectivity index (χ1n) is 11.7. The summed E-state index contributed by atoms with van der Waals surface area (Å²) in [6.45, 7) is 10.9. The first-order chi connectivity index (χ1) is 15.2. The third kappa shape index (κ3) is 8.23. The van der Waals surface area contributed by atoms with Crippen LogP contribution in [0.5, 0.6) is 5.75 Å². The standard InChI is InChI=1S/C27H36N2OS.ClH/c1-4-6-17-29(18-7-5-2)19-8-20-30-25-15-13-23(14-16-25)26-21-31-27(28-26)24-11-9-22(3)10-12-24;/h9-16,21H,4-8,17-20H2,1-3H3;1H. The number of halogens is 1. The number of aryl methyl sites for hydroxylation is 1. The van der Waals surface area contributed by atoms with Gasteiger partial charge in [-0.3, -0.25) is 0 Å². The third-order valence-electron chi connectivity index (χ3n) is 5.50. The molecular weight excluding hydrogens is 436 g/mol. The molecule has 0 aliphatic carbocycles. The van der Waals surface area contributed by atoms with Crippen LogP contribution in [0.4, 0.5) is 0 Å². The Morgan fingerprint density at radius 2 is 1.41 bits per heavy atom. The fourth-order valence-corrected chi connectivity index (χ4v) is 4.37. The Balaban J connectivity index is 0.00000363. The zero-order valence-corrected chi connectivity index (χ0v) is 21.3. The Bertz CT molecular complexity index is 885. The van der Waals surface area contributed by atoms with Crippen LogP contribution in [-0.4, -0.2) is 36.1 Å². The lowest BCUT2D eigenvalue weighted by molar-refractivity contribution is 0.229. The molecule has 0 aliphatic heterocycles. The zero-order chi connectivity index (χ0) is 21.9. The van der Waals surface area contributed by atoms with Gasteiger partial charge in [0.15, 0.2) is 0 Å². The molecule has 3 nitrogen and oxygen atoms in total. The molecule has 2 aromatic carbocycles. The zero-order valence-electron chi connectivity index (χ0n) is 19.7. The molecule has 0 fully saturated rings. The number of aromatic nitrogens is 1. The molecule has 1 heterocycles. The Kier molecular flexibility index (Phi) is 11.8. The van der Waals surface area contributed by atoms with E-state index in [0.29, 0.717) is 0 Å². The maximum Gasteiger partial charge on any atom is 0.124 e. The van der Waals surface area contributed by atoms with Crippen LogP contribution in [0.25, 0.3) is 21.8 Å². The van der Waals surface area contributed by atoms with Crippen LogP contribution in [-0.2, 0) is 0 Å². The highest BCUT2D eigenvalue weighted by Gasteiger charge is 2.08. The summed E-state index contributed by atoms with van der Waals surface area (Å²) < 4.78 is 6.00. The third-order valence-corrected chi connectivity index (χ3v) is 6.39. The van der Waals surface area contributed by atoms with Crippen molar-refractivity contribution in [3.05, 3.63) is 59.5 Å². The van der Waals surface area contributed by atoms with Gasteiger partial charge < -0.3 is 9.64 Å². The second kappa shape index (κ2) is 14.3. The van der Waals surface area contributed by atoms with E-state index in [4.69, 9.17) is 9.72 Å². The van der Waals surface area contributed by atoms with Crippen LogP contribution in [0.2, 0.25) is 0 Å². The van der Waals surface area contributed by atoms with Gasteiger partial charge in [0, 0.05) is 23.1 Å². The second-order valence-corrected chi connectivity index (χ2v) is 9.04. The summed E-state index contributed by atoms with van der Waals surface area (Å²) in [4.78, 5) is 7.42. The van der Waals surface area contributed by atoms with Crippen molar-refractivity contribution in [3.8, 4) is 27.6 Å². The average molecular weight is 473 g/mol.